The van der Waals surface area contributed by atoms with Crippen LogP contribution in [0.3, 0.4) is 0 Å². The van der Waals surface area contributed by atoms with Crippen molar-refractivity contribution in [1.29, 1.82) is 0 Å². The van der Waals surface area contributed by atoms with Crippen molar-refractivity contribution in [3.05, 3.63) is 70.9 Å². The van der Waals surface area contributed by atoms with Gasteiger partial charge in [0.2, 0.25) is 5.95 Å². The standard InChI is InChI=1S/C26H29ClN6/c1-18-6-8-20(9-7-18)24-31-23-17-30-26(29-16-21-4-2-3-5-22(21)27)32-25(23)33(24)15-12-19-10-13-28-14-11-19/h2-9,17,19,28H,10-16H2,1H3,(H,29,30,32). The molecule has 33 heavy (non-hydrogen) atoms. The molecule has 0 spiro atoms. The summed E-state index contributed by atoms with van der Waals surface area (Å²) in [6.45, 7) is 5.79. The van der Waals surface area contributed by atoms with Gasteiger partial charge in [-0.25, -0.2) is 9.97 Å². The SMILES string of the molecule is Cc1ccc(-c2nc3cnc(NCc4ccccc4Cl)nc3n2CCC2CCNCC2)cc1. The summed E-state index contributed by atoms with van der Waals surface area (Å²) in [7, 11) is 0. The highest BCUT2D eigenvalue weighted by Crippen LogP contribution is 2.27. The van der Waals surface area contributed by atoms with Crippen LogP contribution in [0, 0.1) is 12.8 Å². The number of benzene rings is 2. The first-order chi connectivity index (χ1) is 16.2. The number of halogens is 1. The highest BCUT2D eigenvalue weighted by atomic mass is 35.5. The number of nitrogens with zero attached hydrogens (tertiary/aromatic N) is 4. The summed E-state index contributed by atoms with van der Waals surface area (Å²) in [4.78, 5) is 14.3. The average Bonchev–Trinajstić information content (AvgIpc) is 3.21. The topological polar surface area (TPSA) is 67.7 Å². The van der Waals surface area contributed by atoms with Crippen LogP contribution in [0.2, 0.25) is 5.02 Å². The molecule has 5 rings (SSSR count). The number of hydrogen-bond donors (Lipinski definition) is 2. The zero-order valence-electron chi connectivity index (χ0n) is 18.9. The molecule has 6 nitrogen and oxygen atoms in total. The van der Waals surface area contributed by atoms with Crippen LogP contribution in [0.1, 0.15) is 30.4 Å². The highest BCUT2D eigenvalue weighted by Gasteiger charge is 2.18. The summed E-state index contributed by atoms with van der Waals surface area (Å²) in [6, 6.07) is 16.4. The molecule has 1 aliphatic rings. The monoisotopic (exact) mass is 460 g/mol. The second-order valence-corrected chi connectivity index (χ2v) is 9.19. The molecule has 2 N–H and O–H groups in total. The van der Waals surface area contributed by atoms with Gasteiger partial charge < -0.3 is 15.2 Å². The summed E-state index contributed by atoms with van der Waals surface area (Å²) >= 11 is 6.31. The zero-order valence-corrected chi connectivity index (χ0v) is 19.6. The molecular formula is C26H29ClN6. The fourth-order valence-electron chi connectivity index (χ4n) is 4.44. The van der Waals surface area contributed by atoms with Gasteiger partial charge in [-0.3, -0.25) is 0 Å². The van der Waals surface area contributed by atoms with Gasteiger partial charge >= 0.3 is 0 Å². The van der Waals surface area contributed by atoms with E-state index in [1.54, 1.807) is 0 Å². The molecule has 0 atom stereocenters. The largest absolute Gasteiger partial charge is 0.350 e. The van der Waals surface area contributed by atoms with Crippen molar-refractivity contribution < 1.29 is 0 Å². The Balaban J connectivity index is 1.46. The summed E-state index contributed by atoms with van der Waals surface area (Å²) in [5.74, 6) is 2.27. The van der Waals surface area contributed by atoms with Crippen LogP contribution in [0.4, 0.5) is 5.95 Å². The van der Waals surface area contributed by atoms with Crippen LogP contribution in [0.5, 0.6) is 0 Å². The van der Waals surface area contributed by atoms with E-state index in [2.05, 4.69) is 51.4 Å². The third-order valence-corrected chi connectivity index (χ3v) is 6.78. The van der Waals surface area contributed by atoms with E-state index < -0.39 is 0 Å². The maximum Gasteiger partial charge on any atom is 0.225 e. The van der Waals surface area contributed by atoms with E-state index in [1.807, 2.05) is 30.5 Å². The normalized spacial score (nSPS) is 14.6. The Morgan fingerprint density at radius 3 is 2.64 bits per heavy atom. The fraction of sp³-hybridized carbons (Fsp3) is 0.346. The Morgan fingerprint density at radius 2 is 1.85 bits per heavy atom. The van der Waals surface area contributed by atoms with Crippen molar-refractivity contribution in [2.45, 2.75) is 39.3 Å². The number of imidazole rings is 1. The van der Waals surface area contributed by atoms with Crippen molar-refractivity contribution >= 4 is 28.7 Å². The van der Waals surface area contributed by atoms with E-state index in [0.717, 1.165) is 65.1 Å². The van der Waals surface area contributed by atoms with Gasteiger partial charge in [0, 0.05) is 23.7 Å². The van der Waals surface area contributed by atoms with Crippen LogP contribution < -0.4 is 10.6 Å². The van der Waals surface area contributed by atoms with Gasteiger partial charge in [-0.2, -0.15) is 4.98 Å². The molecule has 0 saturated carbocycles. The minimum Gasteiger partial charge on any atom is -0.350 e. The van der Waals surface area contributed by atoms with E-state index in [-0.39, 0.29) is 0 Å². The number of anilines is 1. The molecule has 1 aliphatic heterocycles. The van der Waals surface area contributed by atoms with Crippen LogP contribution in [0.15, 0.2) is 54.7 Å². The Morgan fingerprint density at radius 1 is 1.06 bits per heavy atom. The van der Waals surface area contributed by atoms with E-state index >= 15 is 0 Å². The fourth-order valence-corrected chi connectivity index (χ4v) is 4.64. The second kappa shape index (κ2) is 9.89. The molecule has 2 aromatic heterocycles. The number of aryl methyl sites for hydroxylation is 2. The molecule has 0 radical (unpaired) electrons. The van der Waals surface area contributed by atoms with Gasteiger partial charge in [0.25, 0.3) is 0 Å². The average molecular weight is 461 g/mol. The first kappa shape index (κ1) is 21.9. The first-order valence-corrected chi connectivity index (χ1v) is 12.0. The lowest BCUT2D eigenvalue weighted by molar-refractivity contribution is 0.339. The highest BCUT2D eigenvalue weighted by molar-refractivity contribution is 6.31. The summed E-state index contributed by atoms with van der Waals surface area (Å²) in [6.07, 6.45) is 5.40. The maximum atomic E-state index is 6.31. The third-order valence-electron chi connectivity index (χ3n) is 6.41. The molecule has 1 saturated heterocycles. The number of rotatable bonds is 7. The molecule has 0 unspecified atom stereocenters. The van der Waals surface area contributed by atoms with Gasteiger partial charge in [-0.05, 0) is 56.8 Å². The van der Waals surface area contributed by atoms with E-state index in [0.29, 0.717) is 12.5 Å². The van der Waals surface area contributed by atoms with Gasteiger partial charge in [-0.15, -0.1) is 0 Å². The van der Waals surface area contributed by atoms with Gasteiger partial charge in [0.15, 0.2) is 5.65 Å². The van der Waals surface area contributed by atoms with Crippen LogP contribution >= 0.6 is 11.6 Å². The number of fused-ring (bicyclic) bond motifs is 1. The number of hydrogen-bond acceptors (Lipinski definition) is 5. The Hall–Kier alpha value is -2.96. The summed E-state index contributed by atoms with van der Waals surface area (Å²) in [5.41, 5.74) is 5.05. The number of piperidine rings is 1. The van der Waals surface area contributed by atoms with Crippen molar-refractivity contribution in [2.24, 2.45) is 5.92 Å². The first-order valence-electron chi connectivity index (χ1n) is 11.7. The number of nitrogens with one attached hydrogen (secondary N) is 2. The lowest BCUT2D eigenvalue weighted by atomic mass is 9.95. The molecular weight excluding hydrogens is 432 g/mol. The van der Waals surface area contributed by atoms with Crippen molar-refractivity contribution in [1.82, 2.24) is 24.8 Å². The van der Waals surface area contributed by atoms with Gasteiger partial charge in [-0.1, -0.05) is 59.6 Å². The lowest BCUT2D eigenvalue weighted by Crippen LogP contribution is -2.28. The minimum absolute atomic E-state index is 0.569. The van der Waals surface area contributed by atoms with Crippen LogP contribution in [-0.2, 0) is 13.1 Å². The molecule has 4 aromatic rings. The Bertz CT molecular complexity index is 1230. The van der Waals surface area contributed by atoms with Crippen molar-refractivity contribution in [2.75, 3.05) is 18.4 Å². The molecule has 0 bridgehead atoms. The van der Waals surface area contributed by atoms with Crippen molar-refractivity contribution in [3.8, 4) is 11.4 Å². The van der Waals surface area contributed by atoms with Crippen LogP contribution in [0.25, 0.3) is 22.6 Å². The van der Waals surface area contributed by atoms with Gasteiger partial charge in [0.1, 0.15) is 11.3 Å². The summed E-state index contributed by atoms with van der Waals surface area (Å²) < 4.78 is 2.27. The van der Waals surface area contributed by atoms with Gasteiger partial charge in [0.05, 0.1) is 6.20 Å². The smallest absolute Gasteiger partial charge is 0.225 e. The quantitative estimate of drug-likeness (QED) is 0.383. The molecule has 0 aliphatic carbocycles. The molecule has 1 fully saturated rings. The Labute approximate surface area is 199 Å². The molecule has 2 aromatic carbocycles. The molecule has 7 heteroatoms. The van der Waals surface area contributed by atoms with E-state index in [9.17, 15) is 0 Å². The van der Waals surface area contributed by atoms with Crippen molar-refractivity contribution in [3.63, 3.8) is 0 Å². The van der Waals surface area contributed by atoms with E-state index in [1.165, 1.54) is 18.4 Å². The zero-order chi connectivity index (χ0) is 22.6. The van der Waals surface area contributed by atoms with E-state index in [4.69, 9.17) is 21.6 Å². The molecule has 0 amide bonds. The predicted molar refractivity (Wildman–Crippen MR) is 134 cm³/mol. The third kappa shape index (κ3) is 5.02. The predicted octanol–water partition coefficient (Wildman–Crippen LogP) is 5.46. The summed E-state index contributed by atoms with van der Waals surface area (Å²) in [5, 5.41) is 7.52. The van der Waals surface area contributed by atoms with Crippen LogP contribution in [-0.4, -0.2) is 32.6 Å². The Kier molecular flexibility index (Phi) is 6.55. The molecule has 170 valence electrons. The maximum absolute atomic E-state index is 6.31. The molecule has 3 heterocycles. The second-order valence-electron chi connectivity index (χ2n) is 8.78. The minimum atomic E-state index is 0.569. The number of aromatic nitrogens is 4. The lowest BCUT2D eigenvalue weighted by Gasteiger charge is -2.23.